The number of hydrogen-bond acceptors (Lipinski definition) is 3. The number of unbranched alkanes of at least 4 members (excludes halogenated alkanes) is 2. The number of rotatable bonds is 6. The van der Waals surface area contributed by atoms with Gasteiger partial charge < -0.3 is 4.74 Å². The van der Waals surface area contributed by atoms with E-state index in [2.05, 4.69) is 56.2 Å². The van der Waals surface area contributed by atoms with Crippen molar-refractivity contribution in [2.75, 3.05) is 0 Å². The van der Waals surface area contributed by atoms with Crippen molar-refractivity contribution in [3.05, 3.63) is 47.8 Å². The maximum Gasteiger partial charge on any atom is 0.306 e. The Bertz CT molecular complexity index is 934. The normalized spacial score (nSPS) is 37.3. The average Bonchev–Trinajstić information content (AvgIpc) is 3.17. The van der Waals surface area contributed by atoms with Crippen LogP contribution in [0, 0.1) is 28.6 Å². The lowest BCUT2D eigenvalue weighted by Crippen LogP contribution is -2.50. The standard InChI is InChI=1S/C30H41NO2/c1-4-5-6-9-28(32)33-23-14-16-29(2)22(19-23)10-11-24-26-13-12-25(21-8-7-18-31-20-21)30(26,3)17-15-27(24)29/h7-8,10,12,18,20,23-24,26-27H,4-6,9,11,13-17,19H2,1-3H3. The van der Waals surface area contributed by atoms with E-state index < -0.39 is 0 Å². The van der Waals surface area contributed by atoms with Crippen LogP contribution >= 0.6 is 0 Å². The van der Waals surface area contributed by atoms with Gasteiger partial charge in [-0.3, -0.25) is 9.78 Å². The van der Waals surface area contributed by atoms with Gasteiger partial charge in [0.2, 0.25) is 0 Å². The largest absolute Gasteiger partial charge is 0.462 e. The first kappa shape index (κ1) is 22.9. The first-order valence-electron chi connectivity index (χ1n) is 13.5. The van der Waals surface area contributed by atoms with Gasteiger partial charge in [-0.2, -0.15) is 0 Å². The van der Waals surface area contributed by atoms with Gasteiger partial charge in [0, 0.05) is 25.2 Å². The molecule has 33 heavy (non-hydrogen) atoms. The molecule has 0 aromatic carbocycles. The highest BCUT2D eigenvalue weighted by atomic mass is 16.5. The molecule has 0 N–H and O–H groups in total. The SMILES string of the molecule is CCCCCC(=O)OC1CCC2(C)C(=CCC3C2CCC2(C)C(c4cccnc4)=CCC32)C1. The molecule has 3 nitrogen and oxygen atoms in total. The molecule has 4 aliphatic carbocycles. The van der Waals surface area contributed by atoms with E-state index in [0.717, 1.165) is 49.9 Å². The molecule has 5 rings (SSSR count). The van der Waals surface area contributed by atoms with E-state index in [-0.39, 0.29) is 22.9 Å². The molecule has 0 spiro atoms. The third-order valence-electron chi connectivity index (χ3n) is 9.89. The van der Waals surface area contributed by atoms with Crippen LogP contribution in [0.25, 0.3) is 5.57 Å². The molecule has 1 heterocycles. The van der Waals surface area contributed by atoms with Crippen molar-refractivity contribution in [1.82, 2.24) is 4.98 Å². The number of aromatic nitrogens is 1. The number of fused-ring (bicyclic) bond motifs is 5. The van der Waals surface area contributed by atoms with E-state index >= 15 is 0 Å². The fraction of sp³-hybridized carbons (Fsp3) is 0.667. The molecule has 6 unspecified atom stereocenters. The number of pyridine rings is 1. The fourth-order valence-electron chi connectivity index (χ4n) is 8.03. The number of carbonyl (C=O) groups is 1. The number of ether oxygens (including phenoxy) is 1. The van der Waals surface area contributed by atoms with Gasteiger partial charge in [-0.1, -0.05) is 57.4 Å². The number of carbonyl (C=O) groups excluding carboxylic acids is 1. The van der Waals surface area contributed by atoms with Crippen molar-refractivity contribution < 1.29 is 9.53 Å². The first-order valence-corrected chi connectivity index (χ1v) is 13.5. The Morgan fingerprint density at radius 2 is 1.94 bits per heavy atom. The topological polar surface area (TPSA) is 39.2 Å². The molecule has 4 aliphatic rings. The fourth-order valence-corrected chi connectivity index (χ4v) is 8.03. The second kappa shape index (κ2) is 9.04. The highest BCUT2D eigenvalue weighted by Crippen LogP contribution is 2.66. The van der Waals surface area contributed by atoms with E-state index in [9.17, 15) is 4.79 Å². The molecule has 2 fully saturated rings. The second-order valence-corrected chi connectivity index (χ2v) is 11.6. The van der Waals surface area contributed by atoms with Crippen molar-refractivity contribution in [2.24, 2.45) is 28.6 Å². The lowest BCUT2D eigenvalue weighted by Gasteiger charge is -2.57. The van der Waals surface area contributed by atoms with Gasteiger partial charge >= 0.3 is 5.97 Å². The van der Waals surface area contributed by atoms with Gasteiger partial charge in [0.15, 0.2) is 0 Å². The van der Waals surface area contributed by atoms with Crippen LogP contribution in [0.4, 0.5) is 0 Å². The van der Waals surface area contributed by atoms with Crippen LogP contribution in [0.15, 0.2) is 42.3 Å². The summed E-state index contributed by atoms with van der Waals surface area (Å²) in [6, 6.07) is 4.31. The van der Waals surface area contributed by atoms with E-state index in [0.29, 0.717) is 6.42 Å². The Balaban J connectivity index is 1.29. The second-order valence-electron chi connectivity index (χ2n) is 11.6. The van der Waals surface area contributed by atoms with Crippen LogP contribution in [-0.4, -0.2) is 17.1 Å². The van der Waals surface area contributed by atoms with E-state index in [1.165, 1.54) is 43.2 Å². The minimum atomic E-state index is 0.0136. The van der Waals surface area contributed by atoms with Gasteiger partial charge in [0.1, 0.15) is 6.10 Å². The smallest absolute Gasteiger partial charge is 0.306 e. The van der Waals surface area contributed by atoms with Gasteiger partial charge in [0.25, 0.3) is 0 Å². The molecule has 2 saturated carbocycles. The molecule has 1 aromatic rings. The number of esters is 1. The molecule has 178 valence electrons. The molecule has 0 bridgehead atoms. The highest BCUT2D eigenvalue weighted by Gasteiger charge is 2.57. The van der Waals surface area contributed by atoms with Crippen molar-refractivity contribution in [3.8, 4) is 0 Å². The minimum absolute atomic E-state index is 0.0136. The summed E-state index contributed by atoms with van der Waals surface area (Å²) in [5.74, 6) is 2.27. The molecule has 3 heteroatoms. The third kappa shape index (κ3) is 4.00. The van der Waals surface area contributed by atoms with Crippen LogP contribution < -0.4 is 0 Å². The Hall–Kier alpha value is -1.90. The summed E-state index contributed by atoms with van der Waals surface area (Å²) in [5.41, 5.74) is 5.00. The predicted octanol–water partition coefficient (Wildman–Crippen LogP) is 7.53. The Labute approximate surface area is 200 Å². The molecular weight excluding hydrogens is 406 g/mol. The summed E-state index contributed by atoms with van der Waals surface area (Å²) in [4.78, 5) is 16.7. The van der Waals surface area contributed by atoms with Crippen molar-refractivity contribution in [1.29, 1.82) is 0 Å². The van der Waals surface area contributed by atoms with E-state index in [1.54, 1.807) is 5.57 Å². The summed E-state index contributed by atoms with van der Waals surface area (Å²) in [6.07, 6.45) is 21.0. The molecule has 0 aliphatic heterocycles. The average molecular weight is 448 g/mol. The lowest BCUT2D eigenvalue weighted by atomic mass is 9.47. The minimum Gasteiger partial charge on any atom is -0.462 e. The Morgan fingerprint density at radius 3 is 2.73 bits per heavy atom. The van der Waals surface area contributed by atoms with E-state index in [4.69, 9.17) is 4.74 Å². The van der Waals surface area contributed by atoms with Crippen LogP contribution in [0.2, 0.25) is 0 Å². The monoisotopic (exact) mass is 447 g/mol. The quantitative estimate of drug-likeness (QED) is 0.257. The summed E-state index contributed by atoms with van der Waals surface area (Å²) in [5, 5.41) is 0. The van der Waals surface area contributed by atoms with Gasteiger partial charge in [-0.25, -0.2) is 0 Å². The summed E-state index contributed by atoms with van der Waals surface area (Å²) >= 11 is 0. The van der Waals surface area contributed by atoms with Crippen LogP contribution in [0.5, 0.6) is 0 Å². The van der Waals surface area contributed by atoms with Crippen molar-refractivity contribution in [2.45, 2.75) is 97.5 Å². The number of allylic oxidation sites excluding steroid dienone is 3. The maximum atomic E-state index is 12.3. The van der Waals surface area contributed by atoms with Crippen molar-refractivity contribution in [3.63, 3.8) is 0 Å². The van der Waals surface area contributed by atoms with Crippen LogP contribution in [0.3, 0.4) is 0 Å². The van der Waals surface area contributed by atoms with Crippen LogP contribution in [0.1, 0.15) is 97.0 Å². The Kier molecular flexibility index (Phi) is 6.27. The lowest BCUT2D eigenvalue weighted by molar-refractivity contribution is -0.151. The van der Waals surface area contributed by atoms with Gasteiger partial charge in [-0.15, -0.1) is 0 Å². The van der Waals surface area contributed by atoms with Gasteiger partial charge in [0.05, 0.1) is 0 Å². The maximum absolute atomic E-state index is 12.3. The zero-order valence-corrected chi connectivity index (χ0v) is 20.8. The number of nitrogens with zero attached hydrogens (tertiary/aromatic N) is 1. The third-order valence-corrected chi connectivity index (χ3v) is 9.89. The zero-order chi connectivity index (χ0) is 23.1. The van der Waals surface area contributed by atoms with E-state index in [1.807, 2.05) is 6.20 Å². The summed E-state index contributed by atoms with van der Waals surface area (Å²) < 4.78 is 5.92. The Morgan fingerprint density at radius 1 is 1.09 bits per heavy atom. The van der Waals surface area contributed by atoms with Crippen molar-refractivity contribution >= 4 is 11.5 Å². The molecular formula is C30H41NO2. The highest BCUT2D eigenvalue weighted by molar-refractivity contribution is 5.72. The number of hydrogen-bond donors (Lipinski definition) is 0. The molecule has 1 aromatic heterocycles. The molecule has 0 radical (unpaired) electrons. The summed E-state index contributed by atoms with van der Waals surface area (Å²) in [6.45, 7) is 7.23. The van der Waals surface area contributed by atoms with Gasteiger partial charge in [-0.05, 0) is 90.7 Å². The first-order chi connectivity index (χ1) is 16.0. The molecule has 0 saturated heterocycles. The zero-order valence-electron chi connectivity index (χ0n) is 20.8. The van der Waals surface area contributed by atoms with Crippen LogP contribution in [-0.2, 0) is 9.53 Å². The molecule has 6 atom stereocenters. The molecule has 0 amide bonds. The predicted molar refractivity (Wildman–Crippen MR) is 133 cm³/mol. The summed E-state index contributed by atoms with van der Waals surface area (Å²) in [7, 11) is 0.